The molecule has 0 unspecified atom stereocenters. The maximum atomic E-state index is 5.72. The molecule has 1 fully saturated rings. The van der Waals surface area contributed by atoms with Gasteiger partial charge in [0, 0.05) is 18.8 Å². The number of aromatic nitrogens is 2. The van der Waals surface area contributed by atoms with Gasteiger partial charge in [0.1, 0.15) is 0 Å². The SMILES string of the molecule is N[C@H](CS)c1nc(N2CCOCC2)no1. The van der Waals surface area contributed by atoms with E-state index in [9.17, 15) is 0 Å². The first-order chi connectivity index (χ1) is 7.31. The van der Waals surface area contributed by atoms with Gasteiger partial charge in [0.05, 0.1) is 19.3 Å². The fraction of sp³-hybridized carbons (Fsp3) is 0.750. The molecule has 1 aromatic rings. The molecule has 2 heterocycles. The lowest BCUT2D eigenvalue weighted by molar-refractivity contribution is 0.121. The van der Waals surface area contributed by atoms with E-state index < -0.39 is 0 Å². The fourth-order valence-corrected chi connectivity index (χ4v) is 1.50. The Kier molecular flexibility index (Phi) is 3.45. The van der Waals surface area contributed by atoms with Crippen LogP contribution >= 0.6 is 12.6 Å². The Morgan fingerprint density at radius 3 is 2.87 bits per heavy atom. The summed E-state index contributed by atoms with van der Waals surface area (Å²) in [6.07, 6.45) is 0. The molecule has 1 atom stereocenters. The minimum atomic E-state index is -0.296. The van der Waals surface area contributed by atoms with Crippen molar-refractivity contribution in [2.75, 3.05) is 37.0 Å². The topological polar surface area (TPSA) is 77.4 Å². The van der Waals surface area contributed by atoms with E-state index in [1.807, 2.05) is 4.90 Å². The number of hydrogen-bond acceptors (Lipinski definition) is 7. The van der Waals surface area contributed by atoms with Gasteiger partial charge in [0.2, 0.25) is 5.89 Å². The van der Waals surface area contributed by atoms with Crippen LogP contribution in [-0.2, 0) is 4.74 Å². The van der Waals surface area contributed by atoms with E-state index in [-0.39, 0.29) is 6.04 Å². The smallest absolute Gasteiger partial charge is 0.266 e. The molecule has 2 rings (SSSR count). The van der Waals surface area contributed by atoms with Gasteiger partial charge in [-0.2, -0.15) is 17.6 Å². The van der Waals surface area contributed by atoms with Crippen molar-refractivity contribution < 1.29 is 9.26 Å². The second-order valence-corrected chi connectivity index (χ2v) is 3.69. The molecule has 84 valence electrons. The van der Waals surface area contributed by atoms with E-state index in [1.54, 1.807) is 0 Å². The van der Waals surface area contributed by atoms with Gasteiger partial charge in [-0.15, -0.1) is 0 Å². The van der Waals surface area contributed by atoms with Gasteiger partial charge < -0.3 is 19.9 Å². The molecule has 15 heavy (non-hydrogen) atoms. The van der Waals surface area contributed by atoms with Crippen molar-refractivity contribution in [2.45, 2.75) is 6.04 Å². The van der Waals surface area contributed by atoms with Crippen LogP contribution in [0, 0.1) is 0 Å². The van der Waals surface area contributed by atoms with Crippen molar-refractivity contribution in [1.29, 1.82) is 0 Å². The molecule has 0 spiro atoms. The largest absolute Gasteiger partial charge is 0.378 e. The first-order valence-corrected chi connectivity index (χ1v) is 5.47. The highest BCUT2D eigenvalue weighted by molar-refractivity contribution is 7.80. The summed E-state index contributed by atoms with van der Waals surface area (Å²) in [6.45, 7) is 2.97. The molecule has 0 saturated carbocycles. The Balaban J connectivity index is 2.05. The zero-order valence-electron chi connectivity index (χ0n) is 8.30. The van der Waals surface area contributed by atoms with Crippen molar-refractivity contribution in [3.63, 3.8) is 0 Å². The lowest BCUT2D eigenvalue weighted by Crippen LogP contribution is -2.36. The van der Waals surface area contributed by atoms with Gasteiger partial charge in [-0.1, -0.05) is 0 Å². The highest BCUT2D eigenvalue weighted by Crippen LogP contribution is 2.15. The average Bonchev–Trinajstić information content (AvgIpc) is 2.78. The number of morpholine rings is 1. The molecule has 2 N–H and O–H groups in total. The molecule has 0 amide bonds. The Bertz CT molecular complexity index is 313. The number of nitrogens with two attached hydrogens (primary N) is 1. The molecule has 0 radical (unpaired) electrons. The van der Waals surface area contributed by atoms with Crippen molar-refractivity contribution >= 4 is 18.6 Å². The molecule has 0 aromatic carbocycles. The first-order valence-electron chi connectivity index (χ1n) is 4.84. The molecule has 1 aliphatic rings. The van der Waals surface area contributed by atoms with Crippen molar-refractivity contribution in [1.82, 2.24) is 10.1 Å². The summed E-state index contributed by atoms with van der Waals surface area (Å²) < 4.78 is 10.3. The van der Waals surface area contributed by atoms with Crippen LogP contribution in [0.5, 0.6) is 0 Å². The summed E-state index contributed by atoms with van der Waals surface area (Å²) >= 11 is 4.08. The number of anilines is 1. The van der Waals surface area contributed by atoms with Gasteiger partial charge in [-0.3, -0.25) is 0 Å². The Hall–Kier alpha value is -0.790. The molecule has 7 heteroatoms. The van der Waals surface area contributed by atoms with E-state index in [0.717, 1.165) is 13.1 Å². The van der Waals surface area contributed by atoms with Gasteiger partial charge >= 0.3 is 0 Å². The fourth-order valence-electron chi connectivity index (χ4n) is 1.35. The highest BCUT2D eigenvalue weighted by Gasteiger charge is 2.19. The van der Waals surface area contributed by atoms with E-state index in [0.29, 0.717) is 30.8 Å². The molecular weight excluding hydrogens is 216 g/mol. The van der Waals surface area contributed by atoms with Crippen LogP contribution in [0.3, 0.4) is 0 Å². The molecule has 6 nitrogen and oxygen atoms in total. The summed E-state index contributed by atoms with van der Waals surface area (Å²) in [5, 5.41) is 3.88. The predicted octanol–water partition coefficient (Wildman–Crippen LogP) is -0.164. The number of hydrogen-bond donors (Lipinski definition) is 2. The number of nitrogens with zero attached hydrogens (tertiary/aromatic N) is 3. The maximum absolute atomic E-state index is 5.72. The highest BCUT2D eigenvalue weighted by atomic mass is 32.1. The zero-order chi connectivity index (χ0) is 10.7. The third-order valence-electron chi connectivity index (χ3n) is 2.24. The number of ether oxygens (including phenoxy) is 1. The van der Waals surface area contributed by atoms with Gasteiger partial charge in [0.25, 0.3) is 5.95 Å². The van der Waals surface area contributed by atoms with Crippen LogP contribution in [0.25, 0.3) is 0 Å². The second-order valence-electron chi connectivity index (χ2n) is 3.32. The van der Waals surface area contributed by atoms with Crippen molar-refractivity contribution in [3.8, 4) is 0 Å². The van der Waals surface area contributed by atoms with Gasteiger partial charge in [0.15, 0.2) is 0 Å². The lowest BCUT2D eigenvalue weighted by atomic mass is 10.4. The quantitative estimate of drug-likeness (QED) is 0.702. The Morgan fingerprint density at radius 2 is 2.20 bits per heavy atom. The lowest BCUT2D eigenvalue weighted by Gasteiger charge is -2.24. The van der Waals surface area contributed by atoms with Crippen LogP contribution in [0.1, 0.15) is 11.9 Å². The van der Waals surface area contributed by atoms with Crippen molar-refractivity contribution in [3.05, 3.63) is 5.89 Å². The summed E-state index contributed by atoms with van der Waals surface area (Å²) in [7, 11) is 0. The Morgan fingerprint density at radius 1 is 1.47 bits per heavy atom. The third-order valence-corrected chi connectivity index (χ3v) is 2.63. The maximum Gasteiger partial charge on any atom is 0.266 e. The summed E-state index contributed by atoms with van der Waals surface area (Å²) in [4.78, 5) is 6.24. The van der Waals surface area contributed by atoms with Crippen LogP contribution < -0.4 is 10.6 Å². The molecule has 1 aliphatic heterocycles. The van der Waals surface area contributed by atoms with Crippen molar-refractivity contribution in [2.24, 2.45) is 5.73 Å². The van der Waals surface area contributed by atoms with Gasteiger partial charge in [-0.25, -0.2) is 0 Å². The summed E-state index contributed by atoms with van der Waals surface area (Å²) in [5.41, 5.74) is 5.72. The minimum absolute atomic E-state index is 0.296. The van der Waals surface area contributed by atoms with E-state index >= 15 is 0 Å². The Labute approximate surface area is 93.2 Å². The van der Waals surface area contributed by atoms with Crippen LogP contribution in [0.15, 0.2) is 4.52 Å². The van der Waals surface area contributed by atoms with E-state index in [1.165, 1.54) is 0 Å². The monoisotopic (exact) mass is 230 g/mol. The predicted molar refractivity (Wildman–Crippen MR) is 58.1 cm³/mol. The summed E-state index contributed by atoms with van der Waals surface area (Å²) in [6, 6.07) is -0.296. The molecule has 1 saturated heterocycles. The zero-order valence-corrected chi connectivity index (χ0v) is 9.19. The van der Waals surface area contributed by atoms with Crippen LogP contribution in [0.2, 0.25) is 0 Å². The van der Waals surface area contributed by atoms with E-state index in [4.69, 9.17) is 15.0 Å². The van der Waals surface area contributed by atoms with Crippen LogP contribution in [-0.4, -0.2) is 42.2 Å². The molecule has 0 bridgehead atoms. The molecular formula is C8H14N4O2S. The molecule has 1 aromatic heterocycles. The third kappa shape index (κ3) is 2.42. The minimum Gasteiger partial charge on any atom is -0.378 e. The normalized spacial score (nSPS) is 19.2. The summed E-state index contributed by atoms with van der Waals surface area (Å²) in [5.74, 6) is 1.52. The molecule has 0 aliphatic carbocycles. The number of rotatable bonds is 3. The standard InChI is InChI=1S/C8H14N4O2S/c9-6(5-15)7-10-8(11-14-7)12-1-3-13-4-2-12/h6,15H,1-5,9H2/t6-/m1/s1. The average molecular weight is 230 g/mol. The first kappa shape index (κ1) is 10.7. The second kappa shape index (κ2) is 4.82. The van der Waals surface area contributed by atoms with Crippen LogP contribution in [0.4, 0.5) is 5.95 Å². The van der Waals surface area contributed by atoms with Gasteiger partial charge in [-0.05, 0) is 5.16 Å². The number of thiol groups is 1. The van der Waals surface area contributed by atoms with E-state index in [2.05, 4.69) is 22.8 Å².